The molecule has 2 aliphatic heterocycles. The minimum atomic E-state index is -0.104. The third-order valence-corrected chi connectivity index (χ3v) is 5.45. The highest BCUT2D eigenvalue weighted by atomic mass is 16.3. The maximum absolute atomic E-state index is 12.1. The van der Waals surface area contributed by atoms with Crippen molar-refractivity contribution in [1.82, 2.24) is 10.6 Å². The first kappa shape index (κ1) is 14.3. The Bertz CT molecular complexity index is 327. The summed E-state index contributed by atoms with van der Waals surface area (Å²) in [5.41, 5.74) is 0. The highest BCUT2D eigenvalue weighted by molar-refractivity contribution is 5.76. The summed E-state index contributed by atoms with van der Waals surface area (Å²) in [4.78, 5) is 12.1. The Labute approximate surface area is 121 Å². The van der Waals surface area contributed by atoms with Gasteiger partial charge in [-0.15, -0.1) is 0 Å². The lowest BCUT2D eigenvalue weighted by Gasteiger charge is -2.29. The number of carbonyl (C=O) groups is 1. The van der Waals surface area contributed by atoms with Crippen LogP contribution >= 0.6 is 0 Å². The molecule has 1 aliphatic carbocycles. The van der Waals surface area contributed by atoms with Crippen LogP contribution in [0.1, 0.15) is 57.8 Å². The number of hydrogen-bond donors (Lipinski definition) is 3. The number of aliphatic hydroxyl groups excluding tert-OH is 1. The van der Waals surface area contributed by atoms with Gasteiger partial charge >= 0.3 is 0 Å². The van der Waals surface area contributed by atoms with Gasteiger partial charge in [0.2, 0.25) is 5.91 Å². The molecule has 3 N–H and O–H groups in total. The summed E-state index contributed by atoms with van der Waals surface area (Å²) < 4.78 is 0. The number of fused-ring (bicyclic) bond motifs is 2. The van der Waals surface area contributed by atoms with Crippen LogP contribution in [0, 0.1) is 11.8 Å². The van der Waals surface area contributed by atoms with Crippen LogP contribution in [-0.2, 0) is 4.79 Å². The Morgan fingerprint density at radius 2 is 1.65 bits per heavy atom. The highest BCUT2D eigenvalue weighted by Crippen LogP contribution is 2.32. The van der Waals surface area contributed by atoms with Gasteiger partial charge in [0, 0.05) is 25.0 Å². The molecule has 1 amide bonds. The summed E-state index contributed by atoms with van der Waals surface area (Å²) in [6, 6.07) is 1.35. The molecule has 3 fully saturated rings. The zero-order chi connectivity index (χ0) is 13.9. The van der Waals surface area contributed by atoms with E-state index in [1.165, 1.54) is 25.7 Å². The molecule has 0 radical (unpaired) electrons. The number of aliphatic hydroxyl groups is 1. The van der Waals surface area contributed by atoms with E-state index >= 15 is 0 Å². The second kappa shape index (κ2) is 6.44. The predicted octanol–water partition coefficient (Wildman–Crippen LogP) is 1.57. The fourth-order valence-corrected chi connectivity index (χ4v) is 4.28. The van der Waals surface area contributed by atoms with E-state index in [1.807, 2.05) is 0 Å². The first-order chi connectivity index (χ1) is 9.69. The maximum atomic E-state index is 12.1. The van der Waals surface area contributed by atoms with Crippen molar-refractivity contribution in [3.05, 3.63) is 0 Å². The number of hydrogen-bond acceptors (Lipinski definition) is 3. The average Bonchev–Trinajstić information content (AvgIpc) is 2.77. The van der Waals surface area contributed by atoms with Gasteiger partial charge in [0.05, 0.1) is 6.10 Å². The summed E-state index contributed by atoms with van der Waals surface area (Å²) in [6.45, 7) is 0.809. The van der Waals surface area contributed by atoms with Crippen molar-refractivity contribution < 1.29 is 9.90 Å². The number of nitrogens with one attached hydrogen (secondary N) is 2. The molecule has 0 spiro atoms. The molecule has 1 saturated carbocycles. The normalized spacial score (nSPS) is 40.5. The van der Waals surface area contributed by atoms with Crippen LogP contribution < -0.4 is 10.6 Å². The fourth-order valence-electron chi connectivity index (χ4n) is 4.28. The quantitative estimate of drug-likeness (QED) is 0.732. The average molecular weight is 280 g/mol. The van der Waals surface area contributed by atoms with Gasteiger partial charge in [-0.1, -0.05) is 0 Å². The van der Waals surface area contributed by atoms with E-state index < -0.39 is 0 Å². The Morgan fingerprint density at radius 3 is 2.30 bits per heavy atom. The van der Waals surface area contributed by atoms with Gasteiger partial charge in [-0.2, -0.15) is 0 Å². The number of rotatable bonds is 4. The molecular weight excluding hydrogens is 252 g/mol. The molecule has 4 nitrogen and oxygen atoms in total. The SMILES string of the molecule is O=C(CC1CC2CCC(C1)N2)NCC1CCC(O)CC1. The summed E-state index contributed by atoms with van der Waals surface area (Å²) >= 11 is 0. The highest BCUT2D eigenvalue weighted by Gasteiger charge is 2.34. The van der Waals surface area contributed by atoms with Crippen molar-refractivity contribution in [2.24, 2.45) is 11.8 Å². The van der Waals surface area contributed by atoms with Crippen LogP contribution in [0.3, 0.4) is 0 Å². The van der Waals surface area contributed by atoms with Crippen LogP contribution in [0.25, 0.3) is 0 Å². The Kier molecular flexibility index (Phi) is 4.61. The van der Waals surface area contributed by atoms with Crippen molar-refractivity contribution in [2.45, 2.75) is 76.0 Å². The summed E-state index contributed by atoms with van der Waals surface area (Å²) in [5, 5.41) is 16.2. The lowest BCUT2D eigenvalue weighted by Crippen LogP contribution is -2.40. The van der Waals surface area contributed by atoms with E-state index in [1.54, 1.807) is 0 Å². The number of amides is 1. The molecule has 0 aromatic rings. The Hall–Kier alpha value is -0.610. The molecule has 2 bridgehead atoms. The van der Waals surface area contributed by atoms with E-state index in [0.29, 0.717) is 30.3 Å². The molecule has 4 heteroatoms. The third kappa shape index (κ3) is 3.73. The van der Waals surface area contributed by atoms with Crippen LogP contribution in [0.15, 0.2) is 0 Å². The van der Waals surface area contributed by atoms with Crippen molar-refractivity contribution in [1.29, 1.82) is 0 Å². The van der Waals surface area contributed by atoms with Gasteiger partial charge in [-0.3, -0.25) is 4.79 Å². The van der Waals surface area contributed by atoms with Gasteiger partial charge in [-0.05, 0) is 63.2 Å². The summed E-state index contributed by atoms with van der Waals surface area (Å²) in [5.74, 6) is 1.40. The van der Waals surface area contributed by atoms with Gasteiger partial charge < -0.3 is 15.7 Å². The second-order valence-corrected chi connectivity index (χ2v) is 7.16. The van der Waals surface area contributed by atoms with Gasteiger partial charge in [0.1, 0.15) is 0 Å². The summed E-state index contributed by atoms with van der Waals surface area (Å²) in [7, 11) is 0. The number of carbonyl (C=O) groups excluding carboxylic acids is 1. The van der Waals surface area contributed by atoms with Crippen molar-refractivity contribution in [3.8, 4) is 0 Å². The second-order valence-electron chi connectivity index (χ2n) is 7.16. The molecule has 2 atom stereocenters. The lowest BCUT2D eigenvalue weighted by molar-refractivity contribution is -0.122. The molecule has 2 heterocycles. The predicted molar refractivity (Wildman–Crippen MR) is 78.3 cm³/mol. The third-order valence-electron chi connectivity index (χ3n) is 5.45. The van der Waals surface area contributed by atoms with Crippen molar-refractivity contribution in [3.63, 3.8) is 0 Å². The van der Waals surface area contributed by atoms with E-state index in [2.05, 4.69) is 10.6 Å². The standard InChI is InChI=1S/C16H28N2O2/c19-15-5-1-11(2-6-15)10-17-16(20)9-12-7-13-3-4-14(8-12)18-13/h11-15,18-19H,1-10H2,(H,17,20). The first-order valence-electron chi connectivity index (χ1n) is 8.40. The molecule has 2 unspecified atom stereocenters. The number of piperidine rings is 1. The minimum Gasteiger partial charge on any atom is -0.393 e. The maximum Gasteiger partial charge on any atom is 0.220 e. The smallest absolute Gasteiger partial charge is 0.220 e. The van der Waals surface area contributed by atoms with E-state index in [0.717, 1.165) is 32.2 Å². The van der Waals surface area contributed by atoms with Crippen molar-refractivity contribution in [2.75, 3.05) is 6.54 Å². The van der Waals surface area contributed by atoms with E-state index in [9.17, 15) is 9.90 Å². The minimum absolute atomic E-state index is 0.104. The monoisotopic (exact) mass is 280 g/mol. The Morgan fingerprint density at radius 1 is 1.00 bits per heavy atom. The van der Waals surface area contributed by atoms with E-state index in [4.69, 9.17) is 0 Å². The largest absolute Gasteiger partial charge is 0.393 e. The van der Waals surface area contributed by atoms with Gasteiger partial charge in [0.15, 0.2) is 0 Å². The molecule has 2 saturated heterocycles. The Balaban J connectivity index is 1.35. The zero-order valence-electron chi connectivity index (χ0n) is 12.3. The molecule has 20 heavy (non-hydrogen) atoms. The van der Waals surface area contributed by atoms with E-state index in [-0.39, 0.29) is 12.0 Å². The fraction of sp³-hybridized carbons (Fsp3) is 0.938. The van der Waals surface area contributed by atoms with Crippen LogP contribution in [-0.4, -0.2) is 35.7 Å². The zero-order valence-corrected chi connectivity index (χ0v) is 12.3. The van der Waals surface area contributed by atoms with Crippen LogP contribution in [0.2, 0.25) is 0 Å². The topological polar surface area (TPSA) is 61.4 Å². The summed E-state index contributed by atoms with van der Waals surface area (Å²) in [6.07, 6.45) is 9.48. The molecular formula is C16H28N2O2. The molecule has 3 rings (SSSR count). The molecule has 3 aliphatic rings. The van der Waals surface area contributed by atoms with Crippen LogP contribution in [0.5, 0.6) is 0 Å². The molecule has 0 aromatic carbocycles. The van der Waals surface area contributed by atoms with Crippen molar-refractivity contribution >= 4 is 5.91 Å². The van der Waals surface area contributed by atoms with Gasteiger partial charge in [-0.25, -0.2) is 0 Å². The van der Waals surface area contributed by atoms with Crippen LogP contribution in [0.4, 0.5) is 0 Å². The lowest BCUT2D eigenvalue weighted by atomic mass is 9.87. The molecule has 0 aromatic heterocycles. The molecule has 114 valence electrons. The first-order valence-corrected chi connectivity index (χ1v) is 8.40. The van der Waals surface area contributed by atoms with Gasteiger partial charge in [0.25, 0.3) is 0 Å².